The van der Waals surface area contributed by atoms with Crippen LogP contribution < -0.4 is 10.6 Å². The molecule has 0 saturated carbocycles. The van der Waals surface area contributed by atoms with Crippen LogP contribution in [0.15, 0.2) is 47.6 Å². The summed E-state index contributed by atoms with van der Waals surface area (Å²) < 4.78 is 0. The van der Waals surface area contributed by atoms with Gasteiger partial charge in [-0.1, -0.05) is 41.6 Å². The molecule has 2 aromatic carbocycles. The second-order valence-corrected chi connectivity index (χ2v) is 2.79. The zero-order valence-corrected chi connectivity index (χ0v) is 7.47. The smallest absolute Gasteiger partial charge is 0.209 e. The highest BCUT2D eigenvalue weighted by atomic mass is 16.6. The van der Waals surface area contributed by atoms with Gasteiger partial charge >= 0.3 is 0 Å². The molecule has 0 spiro atoms. The van der Waals surface area contributed by atoms with E-state index in [1.807, 2.05) is 42.5 Å². The Labute approximate surface area is 81.8 Å². The maximum Gasteiger partial charge on any atom is 0.209 e. The Morgan fingerprint density at radius 3 is 2.71 bits per heavy atom. The van der Waals surface area contributed by atoms with Crippen LogP contribution in [0.1, 0.15) is 0 Å². The molecule has 0 aliphatic heterocycles. The summed E-state index contributed by atoms with van der Waals surface area (Å²) in [4.78, 5) is 5.06. The van der Waals surface area contributed by atoms with Crippen molar-refractivity contribution in [2.75, 3.05) is 0 Å². The maximum absolute atomic E-state index is 5.06. The quantitative estimate of drug-likeness (QED) is 0.336. The number of nitrogens with zero attached hydrogens (tertiary/aromatic N) is 1. The van der Waals surface area contributed by atoms with Crippen LogP contribution in [0.4, 0.5) is 0 Å². The highest BCUT2D eigenvalue weighted by Gasteiger charge is 1.99. The van der Waals surface area contributed by atoms with Gasteiger partial charge in [-0.25, -0.2) is 0 Å². The highest BCUT2D eigenvalue weighted by Crippen LogP contribution is 2.24. The third-order valence-electron chi connectivity index (χ3n) is 1.95. The molecule has 14 heavy (non-hydrogen) atoms. The van der Waals surface area contributed by atoms with E-state index in [1.54, 1.807) is 0 Å². The Kier molecular flexibility index (Phi) is 2.32. The third-order valence-corrected chi connectivity index (χ3v) is 1.95. The van der Waals surface area contributed by atoms with Gasteiger partial charge < -0.3 is 10.6 Å². The lowest BCUT2D eigenvalue weighted by atomic mass is 10.1. The summed E-state index contributed by atoms with van der Waals surface area (Å²) in [5.41, 5.74) is 4.98. The van der Waals surface area contributed by atoms with E-state index >= 15 is 0 Å². The summed E-state index contributed by atoms with van der Waals surface area (Å²) >= 11 is 0. The first kappa shape index (κ1) is 8.56. The van der Waals surface area contributed by atoms with Gasteiger partial charge in [0.2, 0.25) is 6.34 Å². The van der Waals surface area contributed by atoms with Crippen molar-refractivity contribution in [1.82, 2.24) is 0 Å². The molecule has 1 radical (unpaired) electrons. The van der Waals surface area contributed by atoms with Crippen molar-refractivity contribution in [2.24, 2.45) is 10.9 Å². The Bertz CT molecular complexity index is 460. The topological polar surface area (TPSA) is 47.6 Å². The third kappa shape index (κ3) is 1.52. The number of hydrogen-bond donors (Lipinski definition) is 1. The Morgan fingerprint density at radius 1 is 1.07 bits per heavy atom. The fourth-order valence-corrected chi connectivity index (χ4v) is 1.35. The lowest BCUT2D eigenvalue weighted by molar-refractivity contribution is 0.347. The van der Waals surface area contributed by atoms with E-state index < -0.39 is 0 Å². The number of nitrogens with two attached hydrogens (primary N) is 1. The van der Waals surface area contributed by atoms with Crippen LogP contribution in [-0.2, 0) is 0 Å². The van der Waals surface area contributed by atoms with Gasteiger partial charge in [0.15, 0.2) is 5.75 Å². The summed E-state index contributed by atoms with van der Waals surface area (Å²) in [5, 5.41) is 5.54. The van der Waals surface area contributed by atoms with E-state index in [4.69, 9.17) is 10.6 Å². The molecule has 0 aliphatic carbocycles. The Morgan fingerprint density at radius 2 is 1.86 bits per heavy atom. The van der Waals surface area contributed by atoms with Gasteiger partial charge in [0.25, 0.3) is 0 Å². The minimum Gasteiger partial charge on any atom is -0.378 e. The Hall–Kier alpha value is -2.03. The van der Waals surface area contributed by atoms with Crippen molar-refractivity contribution < 1.29 is 4.84 Å². The Balaban J connectivity index is 2.53. The summed E-state index contributed by atoms with van der Waals surface area (Å²) in [5.74, 6) is 0.682. The van der Waals surface area contributed by atoms with Gasteiger partial charge in [-0.3, -0.25) is 0 Å². The summed E-state index contributed by atoms with van der Waals surface area (Å²) in [7, 11) is 0. The number of benzene rings is 2. The van der Waals surface area contributed by atoms with Gasteiger partial charge in [-0.05, 0) is 11.5 Å². The summed E-state index contributed by atoms with van der Waals surface area (Å²) in [6.07, 6.45) is 2.08. The largest absolute Gasteiger partial charge is 0.378 e. The van der Waals surface area contributed by atoms with Crippen molar-refractivity contribution in [3.8, 4) is 5.75 Å². The number of fused-ring (bicyclic) bond motifs is 1. The molecular formula is C11H9N2O. The van der Waals surface area contributed by atoms with E-state index in [0.29, 0.717) is 5.75 Å². The van der Waals surface area contributed by atoms with E-state index in [2.05, 4.69) is 11.5 Å². The molecule has 0 atom stereocenters. The van der Waals surface area contributed by atoms with E-state index in [-0.39, 0.29) is 0 Å². The van der Waals surface area contributed by atoms with Crippen LogP contribution >= 0.6 is 0 Å². The molecule has 0 bridgehead atoms. The predicted octanol–water partition coefficient (Wildman–Crippen LogP) is 2.00. The zero-order chi connectivity index (χ0) is 9.80. The van der Waals surface area contributed by atoms with Gasteiger partial charge in [0.05, 0.1) is 0 Å². The highest BCUT2D eigenvalue weighted by molar-refractivity contribution is 5.88. The van der Waals surface area contributed by atoms with Gasteiger partial charge in [-0.15, -0.1) is 0 Å². The average molecular weight is 185 g/mol. The molecule has 2 rings (SSSR count). The number of rotatable bonds is 2. The van der Waals surface area contributed by atoms with Crippen LogP contribution in [0.2, 0.25) is 0 Å². The van der Waals surface area contributed by atoms with Crippen molar-refractivity contribution in [1.29, 1.82) is 0 Å². The summed E-state index contributed by atoms with van der Waals surface area (Å²) in [6.45, 7) is 0. The van der Waals surface area contributed by atoms with Crippen molar-refractivity contribution in [3.05, 3.63) is 42.5 Å². The molecule has 0 aromatic heterocycles. The monoisotopic (exact) mass is 185 g/mol. The predicted molar refractivity (Wildman–Crippen MR) is 56.2 cm³/mol. The molecule has 2 N–H and O–H groups in total. The molecule has 0 unspecified atom stereocenters. The standard InChI is InChI=1S/C11H9N2O/c12-8-13-14-11-7-3-5-9-4-1-2-6-10(9)11/h1-7H,(H2,12,13). The van der Waals surface area contributed by atoms with Crippen molar-refractivity contribution in [3.63, 3.8) is 0 Å². The lowest BCUT2D eigenvalue weighted by Gasteiger charge is -2.02. The van der Waals surface area contributed by atoms with Crippen LogP contribution in [0, 0.1) is 0 Å². The molecule has 0 aliphatic rings. The van der Waals surface area contributed by atoms with Gasteiger partial charge in [-0.2, -0.15) is 0 Å². The van der Waals surface area contributed by atoms with Gasteiger partial charge in [0.1, 0.15) is 0 Å². The van der Waals surface area contributed by atoms with Crippen LogP contribution in [0.25, 0.3) is 10.8 Å². The second-order valence-electron chi connectivity index (χ2n) is 2.79. The van der Waals surface area contributed by atoms with Crippen molar-refractivity contribution in [2.45, 2.75) is 0 Å². The molecular weight excluding hydrogens is 176 g/mol. The first-order chi connectivity index (χ1) is 6.92. The minimum atomic E-state index is 0.682. The molecule has 69 valence electrons. The van der Waals surface area contributed by atoms with Gasteiger partial charge in [0, 0.05) is 5.39 Å². The molecule has 0 heterocycles. The maximum atomic E-state index is 5.06. The zero-order valence-electron chi connectivity index (χ0n) is 7.47. The first-order valence-electron chi connectivity index (χ1n) is 4.22. The van der Waals surface area contributed by atoms with E-state index in [0.717, 1.165) is 10.8 Å². The normalized spacial score (nSPS) is 10.9. The molecule has 0 amide bonds. The van der Waals surface area contributed by atoms with Crippen LogP contribution in [-0.4, -0.2) is 6.34 Å². The van der Waals surface area contributed by atoms with E-state index in [9.17, 15) is 0 Å². The second kappa shape index (κ2) is 3.79. The first-order valence-corrected chi connectivity index (χ1v) is 4.22. The van der Waals surface area contributed by atoms with E-state index in [1.165, 1.54) is 0 Å². The average Bonchev–Trinajstić information content (AvgIpc) is 2.26. The minimum absolute atomic E-state index is 0.682. The lowest BCUT2D eigenvalue weighted by Crippen LogP contribution is -1.92. The molecule has 3 nitrogen and oxygen atoms in total. The fourth-order valence-electron chi connectivity index (χ4n) is 1.35. The summed E-state index contributed by atoms with van der Waals surface area (Å²) in [6, 6.07) is 13.7. The van der Waals surface area contributed by atoms with Crippen LogP contribution in [0.3, 0.4) is 0 Å². The van der Waals surface area contributed by atoms with Crippen LogP contribution in [0.5, 0.6) is 5.75 Å². The molecule has 3 heteroatoms. The fraction of sp³-hybridized carbons (Fsp3) is 0. The molecule has 0 fully saturated rings. The number of hydrogen-bond acceptors (Lipinski definition) is 2. The molecule has 2 aromatic rings. The SMILES string of the molecule is N/[C]=N\Oc1cccc2ccccc12. The van der Waals surface area contributed by atoms with Crippen molar-refractivity contribution >= 4 is 17.1 Å². The molecule has 0 saturated heterocycles.